The SMILES string of the molecule is COc1c(NC(=O)c2ccccc2)c(OCCN2CCCCC2)c(OC)c2occc12.Cl.O. The average molecular weight is 479 g/mol. The van der Waals surface area contributed by atoms with E-state index < -0.39 is 0 Å². The zero-order valence-corrected chi connectivity index (χ0v) is 19.7. The number of benzene rings is 2. The van der Waals surface area contributed by atoms with Crippen LogP contribution in [0.15, 0.2) is 47.1 Å². The predicted molar refractivity (Wildman–Crippen MR) is 130 cm³/mol. The van der Waals surface area contributed by atoms with Crippen molar-refractivity contribution in [3.63, 3.8) is 0 Å². The molecule has 8 nitrogen and oxygen atoms in total. The second-order valence-electron chi connectivity index (χ2n) is 7.50. The summed E-state index contributed by atoms with van der Waals surface area (Å²) in [5, 5.41) is 3.67. The molecule has 9 heteroatoms. The third kappa shape index (κ3) is 5.71. The van der Waals surface area contributed by atoms with E-state index >= 15 is 0 Å². The molecule has 180 valence electrons. The zero-order chi connectivity index (χ0) is 21.6. The van der Waals surface area contributed by atoms with Gasteiger partial charge in [-0.05, 0) is 44.1 Å². The molecule has 1 aromatic heterocycles. The molecule has 1 aliphatic rings. The summed E-state index contributed by atoms with van der Waals surface area (Å²) in [5.41, 5.74) is 1.49. The molecule has 0 unspecified atom stereocenters. The lowest BCUT2D eigenvalue weighted by molar-refractivity contribution is 0.102. The monoisotopic (exact) mass is 478 g/mol. The van der Waals surface area contributed by atoms with E-state index in [9.17, 15) is 4.79 Å². The number of hydrogen-bond donors (Lipinski definition) is 1. The number of piperidine rings is 1. The van der Waals surface area contributed by atoms with Crippen molar-refractivity contribution >= 4 is 35.0 Å². The molecule has 0 saturated carbocycles. The number of amides is 1. The van der Waals surface area contributed by atoms with Crippen molar-refractivity contribution in [1.29, 1.82) is 0 Å². The lowest BCUT2D eigenvalue weighted by atomic mass is 10.1. The summed E-state index contributed by atoms with van der Waals surface area (Å²) in [7, 11) is 3.12. The minimum Gasteiger partial charge on any atom is -0.494 e. The average Bonchev–Trinajstić information content (AvgIpc) is 3.29. The number of rotatable bonds is 8. The number of carbonyl (C=O) groups excluding carboxylic acids is 1. The Morgan fingerprint density at radius 3 is 2.36 bits per heavy atom. The van der Waals surface area contributed by atoms with Gasteiger partial charge in [0.15, 0.2) is 17.1 Å². The number of methoxy groups -OCH3 is 2. The van der Waals surface area contributed by atoms with Gasteiger partial charge in [0.2, 0.25) is 5.75 Å². The topological polar surface area (TPSA) is 105 Å². The number of hydrogen-bond acceptors (Lipinski definition) is 6. The lowest BCUT2D eigenvalue weighted by Gasteiger charge is -2.26. The summed E-state index contributed by atoms with van der Waals surface area (Å²) in [6, 6.07) is 10.8. The molecule has 3 N–H and O–H groups in total. The van der Waals surface area contributed by atoms with E-state index in [1.165, 1.54) is 19.3 Å². The van der Waals surface area contributed by atoms with Gasteiger partial charge < -0.3 is 29.4 Å². The van der Waals surface area contributed by atoms with Crippen LogP contribution in [0.3, 0.4) is 0 Å². The maximum absolute atomic E-state index is 12.9. The van der Waals surface area contributed by atoms with Gasteiger partial charge in [0.1, 0.15) is 12.3 Å². The molecule has 3 aromatic rings. The molecular weight excluding hydrogens is 448 g/mol. The summed E-state index contributed by atoms with van der Waals surface area (Å²) in [6.45, 7) is 3.42. The quantitative estimate of drug-likeness (QED) is 0.521. The predicted octanol–water partition coefficient (Wildman–Crippen LogP) is 4.16. The maximum Gasteiger partial charge on any atom is 0.255 e. The molecule has 4 rings (SSSR count). The van der Waals surface area contributed by atoms with Crippen LogP contribution in [0.1, 0.15) is 29.6 Å². The van der Waals surface area contributed by atoms with Gasteiger partial charge in [-0.2, -0.15) is 0 Å². The van der Waals surface area contributed by atoms with E-state index in [1.54, 1.807) is 38.7 Å². The highest BCUT2D eigenvalue weighted by Crippen LogP contribution is 2.50. The summed E-state index contributed by atoms with van der Waals surface area (Å²) >= 11 is 0. The van der Waals surface area contributed by atoms with Gasteiger partial charge in [-0.15, -0.1) is 12.4 Å². The highest BCUT2D eigenvalue weighted by atomic mass is 35.5. The number of likely N-dealkylation sites (tertiary alicyclic amines) is 1. The molecule has 1 saturated heterocycles. The van der Waals surface area contributed by atoms with E-state index in [2.05, 4.69) is 10.2 Å². The molecule has 0 radical (unpaired) electrons. The van der Waals surface area contributed by atoms with Crippen LogP contribution >= 0.6 is 12.4 Å². The Hall–Kier alpha value is -2.94. The summed E-state index contributed by atoms with van der Waals surface area (Å²) < 4.78 is 23.2. The maximum atomic E-state index is 12.9. The first kappa shape index (κ1) is 26.3. The number of anilines is 1. The van der Waals surface area contributed by atoms with Crippen LogP contribution in [0.2, 0.25) is 0 Å². The molecule has 1 aliphatic heterocycles. The van der Waals surface area contributed by atoms with Crippen molar-refractivity contribution < 1.29 is 28.9 Å². The van der Waals surface area contributed by atoms with Crippen molar-refractivity contribution in [3.8, 4) is 17.2 Å². The van der Waals surface area contributed by atoms with E-state index in [0.29, 0.717) is 46.1 Å². The fourth-order valence-corrected chi connectivity index (χ4v) is 4.00. The first-order valence-electron chi connectivity index (χ1n) is 10.6. The van der Waals surface area contributed by atoms with Crippen LogP contribution < -0.4 is 19.5 Å². The fourth-order valence-electron chi connectivity index (χ4n) is 4.00. The van der Waals surface area contributed by atoms with Crippen molar-refractivity contribution in [2.75, 3.05) is 45.8 Å². The zero-order valence-electron chi connectivity index (χ0n) is 18.9. The van der Waals surface area contributed by atoms with E-state index in [0.717, 1.165) is 19.6 Å². The molecule has 0 bridgehead atoms. The number of nitrogens with zero attached hydrogens (tertiary/aromatic N) is 1. The van der Waals surface area contributed by atoms with Gasteiger partial charge >= 0.3 is 0 Å². The molecule has 1 amide bonds. The molecule has 0 atom stereocenters. The number of nitrogens with one attached hydrogen (secondary N) is 1. The Morgan fingerprint density at radius 1 is 1.00 bits per heavy atom. The Morgan fingerprint density at radius 2 is 1.70 bits per heavy atom. The normalized spacial score (nSPS) is 13.5. The number of carbonyl (C=O) groups is 1. The van der Waals surface area contributed by atoms with Crippen LogP contribution in [0, 0.1) is 0 Å². The molecule has 0 spiro atoms. The van der Waals surface area contributed by atoms with E-state index in [1.807, 2.05) is 18.2 Å². The van der Waals surface area contributed by atoms with Gasteiger partial charge in [0.25, 0.3) is 5.91 Å². The van der Waals surface area contributed by atoms with Crippen LogP contribution in [0.5, 0.6) is 17.2 Å². The largest absolute Gasteiger partial charge is 0.494 e. The third-order valence-corrected chi connectivity index (χ3v) is 5.56. The Labute approximate surface area is 199 Å². The molecular formula is C24H31ClN2O6. The van der Waals surface area contributed by atoms with Crippen molar-refractivity contribution in [2.24, 2.45) is 0 Å². The third-order valence-electron chi connectivity index (χ3n) is 5.56. The number of furan rings is 1. The molecule has 33 heavy (non-hydrogen) atoms. The standard InChI is InChI=1S/C24H28N2O5.ClH.H2O/c1-28-20-18-11-15-30-21(18)23(29-2)22(31-16-14-26-12-7-4-8-13-26)19(20)25-24(27)17-9-5-3-6-10-17;;/h3,5-6,9-11,15H,4,7-8,12-14,16H2,1-2H3,(H,25,27);1H;1H2. The minimum atomic E-state index is -0.260. The highest BCUT2D eigenvalue weighted by molar-refractivity contribution is 6.09. The van der Waals surface area contributed by atoms with Crippen LogP contribution in [-0.4, -0.2) is 56.7 Å². The van der Waals surface area contributed by atoms with Crippen LogP contribution in [-0.2, 0) is 0 Å². The Bertz CT molecular complexity index is 1030. The van der Waals surface area contributed by atoms with Gasteiger partial charge in [-0.3, -0.25) is 9.69 Å². The molecule has 2 aromatic carbocycles. The Kier molecular flexibility index (Phi) is 9.84. The van der Waals surface area contributed by atoms with Gasteiger partial charge in [0.05, 0.1) is 25.9 Å². The summed E-state index contributed by atoms with van der Waals surface area (Å²) in [5.74, 6) is 1.05. The van der Waals surface area contributed by atoms with Crippen molar-refractivity contribution in [3.05, 3.63) is 48.2 Å². The van der Waals surface area contributed by atoms with Crippen molar-refractivity contribution in [2.45, 2.75) is 19.3 Å². The molecule has 2 heterocycles. The number of ether oxygens (including phenoxy) is 3. The first-order valence-corrected chi connectivity index (χ1v) is 10.6. The molecule has 1 fully saturated rings. The van der Waals surface area contributed by atoms with E-state index in [-0.39, 0.29) is 23.8 Å². The van der Waals surface area contributed by atoms with Gasteiger partial charge in [0, 0.05) is 12.1 Å². The fraction of sp³-hybridized carbons (Fsp3) is 0.375. The van der Waals surface area contributed by atoms with Crippen molar-refractivity contribution in [1.82, 2.24) is 4.90 Å². The lowest BCUT2D eigenvalue weighted by Crippen LogP contribution is -2.33. The first-order chi connectivity index (χ1) is 15.2. The van der Waals surface area contributed by atoms with Gasteiger partial charge in [-0.25, -0.2) is 0 Å². The van der Waals surface area contributed by atoms with Crippen LogP contribution in [0.25, 0.3) is 11.0 Å². The number of halogens is 1. The Balaban J connectivity index is 0.00000193. The number of fused-ring (bicyclic) bond motifs is 1. The van der Waals surface area contributed by atoms with Crippen LogP contribution in [0.4, 0.5) is 5.69 Å². The summed E-state index contributed by atoms with van der Waals surface area (Å²) in [6.07, 6.45) is 5.28. The second kappa shape index (κ2) is 12.3. The van der Waals surface area contributed by atoms with E-state index in [4.69, 9.17) is 18.6 Å². The smallest absolute Gasteiger partial charge is 0.255 e. The minimum absolute atomic E-state index is 0. The van der Waals surface area contributed by atoms with Gasteiger partial charge in [-0.1, -0.05) is 24.6 Å². The summed E-state index contributed by atoms with van der Waals surface area (Å²) in [4.78, 5) is 15.3. The highest BCUT2D eigenvalue weighted by Gasteiger charge is 2.26. The molecule has 0 aliphatic carbocycles. The second-order valence-corrected chi connectivity index (χ2v) is 7.50.